The number of thiophene rings is 1. The van der Waals surface area contributed by atoms with Gasteiger partial charge in [0.1, 0.15) is 0 Å². The first-order valence-electron chi connectivity index (χ1n) is 6.41. The molecule has 0 aliphatic carbocycles. The number of carbonyl (C=O) groups is 1. The average molecular weight is 290 g/mol. The summed E-state index contributed by atoms with van der Waals surface area (Å²) in [5.41, 5.74) is 8.09. The fraction of sp³-hybridized carbons (Fsp3) is 0.267. The molecule has 0 unspecified atom stereocenters. The number of aryl methyl sites for hydroxylation is 1. The van der Waals surface area contributed by atoms with Gasteiger partial charge in [0.2, 0.25) is 5.91 Å². The van der Waals surface area contributed by atoms with E-state index in [0.29, 0.717) is 25.3 Å². The summed E-state index contributed by atoms with van der Waals surface area (Å²) >= 11 is 1.65. The third-order valence-corrected chi connectivity index (χ3v) is 3.68. The van der Waals surface area contributed by atoms with Crippen LogP contribution in [0.2, 0.25) is 0 Å². The van der Waals surface area contributed by atoms with E-state index in [1.54, 1.807) is 17.4 Å². The van der Waals surface area contributed by atoms with Crippen LogP contribution in [-0.4, -0.2) is 12.5 Å². The van der Waals surface area contributed by atoms with Crippen LogP contribution in [0.1, 0.15) is 16.9 Å². The molecular formula is C15H18N2O2S. The Morgan fingerprint density at radius 1 is 1.40 bits per heavy atom. The Balaban J connectivity index is 1.73. The molecule has 0 bridgehead atoms. The van der Waals surface area contributed by atoms with Gasteiger partial charge in [-0.3, -0.25) is 4.79 Å². The van der Waals surface area contributed by atoms with Gasteiger partial charge in [0.15, 0.2) is 0 Å². The van der Waals surface area contributed by atoms with Crippen LogP contribution in [-0.2, 0) is 16.1 Å². The van der Waals surface area contributed by atoms with E-state index in [-0.39, 0.29) is 5.91 Å². The molecule has 2 aromatic rings. The second kappa shape index (κ2) is 7.07. The quantitative estimate of drug-likeness (QED) is 0.634. The van der Waals surface area contributed by atoms with Gasteiger partial charge < -0.3 is 15.8 Å². The molecule has 1 amide bonds. The van der Waals surface area contributed by atoms with Crippen molar-refractivity contribution in [3.05, 3.63) is 46.2 Å². The van der Waals surface area contributed by atoms with Crippen molar-refractivity contribution in [1.82, 2.24) is 0 Å². The van der Waals surface area contributed by atoms with E-state index >= 15 is 0 Å². The van der Waals surface area contributed by atoms with E-state index in [9.17, 15) is 4.79 Å². The Bertz CT molecular complexity index is 567. The van der Waals surface area contributed by atoms with Crippen molar-refractivity contribution in [2.24, 2.45) is 0 Å². The van der Waals surface area contributed by atoms with Crippen molar-refractivity contribution in [1.29, 1.82) is 0 Å². The van der Waals surface area contributed by atoms with Gasteiger partial charge in [0.05, 0.1) is 19.6 Å². The number of benzene rings is 1. The molecule has 1 aromatic carbocycles. The van der Waals surface area contributed by atoms with Crippen molar-refractivity contribution in [2.45, 2.75) is 20.0 Å². The van der Waals surface area contributed by atoms with E-state index in [1.165, 1.54) is 0 Å². The first kappa shape index (κ1) is 14.6. The van der Waals surface area contributed by atoms with E-state index in [1.807, 2.05) is 36.6 Å². The molecule has 0 fully saturated rings. The number of nitrogens with one attached hydrogen (secondary N) is 1. The predicted molar refractivity (Wildman–Crippen MR) is 82.8 cm³/mol. The summed E-state index contributed by atoms with van der Waals surface area (Å²) in [5.74, 6) is -0.0649. The summed E-state index contributed by atoms with van der Waals surface area (Å²) < 4.78 is 5.47. The SMILES string of the molecule is Cc1ccc(N)cc1NC(=O)CCOCc1cccs1. The highest BCUT2D eigenvalue weighted by molar-refractivity contribution is 7.09. The standard InChI is InChI=1S/C15H18N2O2S/c1-11-4-5-12(16)9-14(11)17-15(18)6-7-19-10-13-3-2-8-20-13/h2-5,8-9H,6-7,10,16H2,1H3,(H,17,18). The minimum atomic E-state index is -0.0649. The van der Waals surface area contributed by atoms with Crippen LogP contribution >= 0.6 is 11.3 Å². The molecule has 5 heteroatoms. The Labute approximate surface area is 122 Å². The van der Waals surface area contributed by atoms with Crippen LogP contribution < -0.4 is 11.1 Å². The van der Waals surface area contributed by atoms with Gasteiger partial charge in [-0.25, -0.2) is 0 Å². The monoisotopic (exact) mass is 290 g/mol. The molecule has 0 aliphatic heterocycles. The average Bonchev–Trinajstić information content (AvgIpc) is 2.92. The highest BCUT2D eigenvalue weighted by Crippen LogP contribution is 2.18. The second-order valence-corrected chi connectivity index (χ2v) is 5.54. The largest absolute Gasteiger partial charge is 0.399 e. The van der Waals surface area contributed by atoms with Gasteiger partial charge in [-0.05, 0) is 36.1 Å². The fourth-order valence-electron chi connectivity index (χ4n) is 1.72. The van der Waals surface area contributed by atoms with Crippen molar-refractivity contribution in [3.8, 4) is 0 Å². The van der Waals surface area contributed by atoms with Gasteiger partial charge >= 0.3 is 0 Å². The lowest BCUT2D eigenvalue weighted by molar-refractivity contribution is -0.117. The zero-order valence-corrected chi connectivity index (χ0v) is 12.2. The zero-order valence-electron chi connectivity index (χ0n) is 11.4. The van der Waals surface area contributed by atoms with E-state index in [4.69, 9.17) is 10.5 Å². The highest BCUT2D eigenvalue weighted by atomic mass is 32.1. The first-order chi connectivity index (χ1) is 9.65. The molecule has 1 heterocycles. The van der Waals surface area contributed by atoms with Crippen LogP contribution in [0.5, 0.6) is 0 Å². The predicted octanol–water partition coefficient (Wildman–Crippen LogP) is 3.18. The summed E-state index contributed by atoms with van der Waals surface area (Å²) in [7, 11) is 0. The molecule has 0 radical (unpaired) electrons. The van der Waals surface area contributed by atoms with Gasteiger partial charge in [-0.1, -0.05) is 12.1 Å². The molecular weight excluding hydrogens is 272 g/mol. The molecule has 20 heavy (non-hydrogen) atoms. The van der Waals surface area contributed by atoms with Crippen LogP contribution in [0.25, 0.3) is 0 Å². The molecule has 3 N–H and O–H groups in total. The summed E-state index contributed by atoms with van der Waals surface area (Å²) in [4.78, 5) is 13.0. The fourth-order valence-corrected chi connectivity index (χ4v) is 2.36. The zero-order chi connectivity index (χ0) is 14.4. The van der Waals surface area contributed by atoms with Crippen LogP contribution in [0.4, 0.5) is 11.4 Å². The van der Waals surface area contributed by atoms with Crippen LogP contribution in [0, 0.1) is 6.92 Å². The number of nitrogens with two attached hydrogens (primary N) is 1. The second-order valence-electron chi connectivity index (χ2n) is 4.50. The lowest BCUT2D eigenvalue weighted by Crippen LogP contribution is -2.15. The topological polar surface area (TPSA) is 64.3 Å². The number of hydrogen-bond donors (Lipinski definition) is 2. The Morgan fingerprint density at radius 2 is 2.25 bits per heavy atom. The molecule has 4 nitrogen and oxygen atoms in total. The number of carbonyl (C=O) groups excluding carboxylic acids is 1. The normalized spacial score (nSPS) is 10.4. The third-order valence-electron chi connectivity index (χ3n) is 2.83. The smallest absolute Gasteiger partial charge is 0.226 e. The minimum Gasteiger partial charge on any atom is -0.399 e. The summed E-state index contributed by atoms with van der Waals surface area (Å²) in [6.07, 6.45) is 0.333. The van der Waals surface area contributed by atoms with Crippen molar-refractivity contribution < 1.29 is 9.53 Å². The lowest BCUT2D eigenvalue weighted by Gasteiger charge is -2.09. The number of rotatable bonds is 6. The maximum absolute atomic E-state index is 11.8. The summed E-state index contributed by atoms with van der Waals surface area (Å²) in [6, 6.07) is 9.46. The highest BCUT2D eigenvalue weighted by Gasteiger charge is 2.05. The van der Waals surface area contributed by atoms with Gasteiger partial charge in [-0.15, -0.1) is 11.3 Å². The van der Waals surface area contributed by atoms with Gasteiger partial charge in [0.25, 0.3) is 0 Å². The van der Waals surface area contributed by atoms with E-state index in [2.05, 4.69) is 5.32 Å². The maximum Gasteiger partial charge on any atom is 0.226 e. The van der Waals surface area contributed by atoms with Crippen LogP contribution in [0.3, 0.4) is 0 Å². The first-order valence-corrected chi connectivity index (χ1v) is 7.29. The van der Waals surface area contributed by atoms with E-state index in [0.717, 1.165) is 16.1 Å². The van der Waals surface area contributed by atoms with Gasteiger partial charge in [-0.2, -0.15) is 0 Å². The molecule has 1 aromatic heterocycles. The van der Waals surface area contributed by atoms with Crippen molar-refractivity contribution >= 4 is 28.6 Å². The number of anilines is 2. The summed E-state index contributed by atoms with van der Waals surface area (Å²) in [5, 5.41) is 4.86. The van der Waals surface area contributed by atoms with Crippen molar-refractivity contribution in [3.63, 3.8) is 0 Å². The van der Waals surface area contributed by atoms with Crippen LogP contribution in [0.15, 0.2) is 35.7 Å². The molecule has 0 spiro atoms. The molecule has 2 rings (SSSR count). The molecule has 106 valence electrons. The number of nitrogen functional groups attached to an aromatic ring is 1. The molecule has 0 saturated carbocycles. The molecule has 0 atom stereocenters. The maximum atomic E-state index is 11.8. The minimum absolute atomic E-state index is 0.0649. The van der Waals surface area contributed by atoms with Gasteiger partial charge in [0, 0.05) is 16.3 Å². The lowest BCUT2D eigenvalue weighted by atomic mass is 10.2. The summed E-state index contributed by atoms with van der Waals surface area (Å²) in [6.45, 7) is 2.90. The van der Waals surface area contributed by atoms with E-state index < -0.39 is 0 Å². The number of hydrogen-bond acceptors (Lipinski definition) is 4. The number of amides is 1. The Hall–Kier alpha value is -1.85. The Kier molecular flexibility index (Phi) is 5.15. The third kappa shape index (κ3) is 4.36. The number of ether oxygens (including phenoxy) is 1. The molecule has 0 saturated heterocycles. The Morgan fingerprint density at radius 3 is 3.00 bits per heavy atom. The molecule has 0 aliphatic rings. The van der Waals surface area contributed by atoms with Crippen molar-refractivity contribution in [2.75, 3.05) is 17.7 Å².